The van der Waals surface area contributed by atoms with E-state index < -0.39 is 0 Å². The van der Waals surface area contributed by atoms with Crippen molar-refractivity contribution in [2.24, 2.45) is 0 Å². The Balaban J connectivity index is 2.74. The quantitative estimate of drug-likeness (QED) is 0.645. The van der Waals surface area contributed by atoms with Gasteiger partial charge in [-0.2, -0.15) is 0 Å². The van der Waals surface area contributed by atoms with E-state index in [1.165, 1.54) is 0 Å². The Hall–Kier alpha value is -1.58. The van der Waals surface area contributed by atoms with E-state index in [1.807, 2.05) is 6.92 Å². The summed E-state index contributed by atoms with van der Waals surface area (Å²) in [7, 11) is 0. The SMILES string of the molecule is CCNC(=O)c1ccc(C=O)[nH]1. The molecule has 0 unspecified atom stereocenters. The molecule has 0 bridgehead atoms. The Labute approximate surface area is 70.0 Å². The zero-order valence-corrected chi connectivity index (χ0v) is 6.76. The predicted octanol–water partition coefficient (Wildman–Crippen LogP) is 0.577. The lowest BCUT2D eigenvalue weighted by Gasteiger charge is -1.97. The van der Waals surface area contributed by atoms with Gasteiger partial charge in [-0.15, -0.1) is 0 Å². The predicted molar refractivity (Wildman–Crippen MR) is 44.2 cm³/mol. The summed E-state index contributed by atoms with van der Waals surface area (Å²) in [4.78, 5) is 24.0. The highest BCUT2D eigenvalue weighted by molar-refractivity contribution is 5.93. The fraction of sp³-hybridized carbons (Fsp3) is 0.250. The molecule has 0 aromatic carbocycles. The molecule has 0 saturated heterocycles. The molecule has 1 amide bonds. The van der Waals surface area contributed by atoms with Gasteiger partial charge >= 0.3 is 0 Å². The number of amides is 1. The molecule has 0 spiro atoms. The zero-order chi connectivity index (χ0) is 8.97. The van der Waals surface area contributed by atoms with Crippen LogP contribution in [-0.4, -0.2) is 23.7 Å². The van der Waals surface area contributed by atoms with E-state index in [-0.39, 0.29) is 5.91 Å². The Bertz CT molecular complexity index is 291. The number of nitrogens with one attached hydrogen (secondary N) is 2. The topological polar surface area (TPSA) is 62.0 Å². The van der Waals surface area contributed by atoms with Crippen LogP contribution in [0.15, 0.2) is 12.1 Å². The third kappa shape index (κ3) is 1.72. The van der Waals surface area contributed by atoms with E-state index >= 15 is 0 Å². The van der Waals surface area contributed by atoms with Gasteiger partial charge in [0.1, 0.15) is 5.69 Å². The molecule has 0 fully saturated rings. The second-order valence-electron chi connectivity index (χ2n) is 2.30. The molecule has 0 aliphatic carbocycles. The van der Waals surface area contributed by atoms with E-state index in [0.29, 0.717) is 24.2 Å². The average Bonchev–Trinajstić information content (AvgIpc) is 2.52. The van der Waals surface area contributed by atoms with E-state index in [1.54, 1.807) is 12.1 Å². The molecule has 1 aromatic rings. The van der Waals surface area contributed by atoms with Gasteiger partial charge < -0.3 is 10.3 Å². The maximum absolute atomic E-state index is 11.1. The van der Waals surface area contributed by atoms with E-state index in [0.717, 1.165) is 0 Å². The molecule has 4 heteroatoms. The average molecular weight is 166 g/mol. The number of aldehydes is 1. The van der Waals surface area contributed by atoms with Crippen LogP contribution in [0.5, 0.6) is 0 Å². The summed E-state index contributed by atoms with van der Waals surface area (Å²) in [6.45, 7) is 2.41. The van der Waals surface area contributed by atoms with Crippen LogP contribution in [0.4, 0.5) is 0 Å². The standard InChI is InChI=1S/C8H10N2O2/c1-2-9-8(12)7-4-3-6(5-11)10-7/h3-5,10H,2H2,1H3,(H,9,12). The van der Waals surface area contributed by atoms with Crippen LogP contribution in [0.3, 0.4) is 0 Å². The van der Waals surface area contributed by atoms with Crippen molar-refractivity contribution >= 4 is 12.2 Å². The van der Waals surface area contributed by atoms with Crippen LogP contribution in [0.2, 0.25) is 0 Å². The van der Waals surface area contributed by atoms with Crippen molar-refractivity contribution in [2.75, 3.05) is 6.54 Å². The molecular weight excluding hydrogens is 156 g/mol. The lowest BCUT2D eigenvalue weighted by atomic mass is 10.4. The van der Waals surface area contributed by atoms with Gasteiger partial charge in [-0.3, -0.25) is 9.59 Å². The first-order valence-electron chi connectivity index (χ1n) is 3.70. The molecule has 0 aliphatic rings. The molecule has 0 radical (unpaired) electrons. The van der Waals surface area contributed by atoms with Gasteiger partial charge in [-0.05, 0) is 19.1 Å². The van der Waals surface area contributed by atoms with Crippen molar-refractivity contribution in [3.05, 3.63) is 23.5 Å². The number of carbonyl (C=O) groups excluding carboxylic acids is 2. The van der Waals surface area contributed by atoms with Gasteiger partial charge in [-0.25, -0.2) is 0 Å². The first kappa shape index (κ1) is 8.52. The number of carbonyl (C=O) groups is 2. The molecule has 0 saturated carbocycles. The summed E-state index contributed by atoms with van der Waals surface area (Å²) in [5, 5.41) is 2.61. The minimum atomic E-state index is -0.189. The summed E-state index contributed by atoms with van der Waals surface area (Å²) in [5.74, 6) is -0.189. The molecule has 64 valence electrons. The highest BCUT2D eigenvalue weighted by Gasteiger charge is 2.05. The lowest BCUT2D eigenvalue weighted by molar-refractivity contribution is 0.0951. The van der Waals surface area contributed by atoms with Gasteiger partial charge in [0.05, 0.1) is 5.69 Å². The molecule has 0 atom stereocenters. The van der Waals surface area contributed by atoms with Crippen LogP contribution in [0.25, 0.3) is 0 Å². The fourth-order valence-electron chi connectivity index (χ4n) is 0.869. The van der Waals surface area contributed by atoms with Crippen molar-refractivity contribution in [2.45, 2.75) is 6.92 Å². The van der Waals surface area contributed by atoms with Crippen molar-refractivity contribution in [1.82, 2.24) is 10.3 Å². The first-order chi connectivity index (χ1) is 5.77. The Morgan fingerprint density at radius 2 is 2.42 bits per heavy atom. The summed E-state index contributed by atoms with van der Waals surface area (Å²) in [5.41, 5.74) is 0.829. The van der Waals surface area contributed by atoms with Crippen LogP contribution >= 0.6 is 0 Å². The number of aromatic nitrogens is 1. The van der Waals surface area contributed by atoms with Gasteiger partial charge in [0.2, 0.25) is 0 Å². The third-order valence-electron chi connectivity index (χ3n) is 1.42. The smallest absolute Gasteiger partial charge is 0.267 e. The van der Waals surface area contributed by atoms with Gasteiger partial charge in [0.25, 0.3) is 5.91 Å². The lowest BCUT2D eigenvalue weighted by Crippen LogP contribution is -2.22. The molecule has 1 rings (SSSR count). The molecular formula is C8H10N2O2. The van der Waals surface area contributed by atoms with E-state index in [2.05, 4.69) is 10.3 Å². The molecule has 1 heterocycles. The number of hydrogen-bond donors (Lipinski definition) is 2. The van der Waals surface area contributed by atoms with E-state index in [4.69, 9.17) is 0 Å². The van der Waals surface area contributed by atoms with Gasteiger partial charge in [0, 0.05) is 6.54 Å². The summed E-state index contributed by atoms with van der Waals surface area (Å²) >= 11 is 0. The molecule has 2 N–H and O–H groups in total. The maximum Gasteiger partial charge on any atom is 0.267 e. The maximum atomic E-state index is 11.1. The normalized spacial score (nSPS) is 9.42. The molecule has 0 aliphatic heterocycles. The fourth-order valence-corrected chi connectivity index (χ4v) is 0.869. The Morgan fingerprint density at radius 3 is 2.92 bits per heavy atom. The Morgan fingerprint density at radius 1 is 1.67 bits per heavy atom. The monoisotopic (exact) mass is 166 g/mol. The second-order valence-corrected chi connectivity index (χ2v) is 2.30. The van der Waals surface area contributed by atoms with Crippen LogP contribution < -0.4 is 5.32 Å². The molecule has 12 heavy (non-hydrogen) atoms. The first-order valence-corrected chi connectivity index (χ1v) is 3.70. The number of hydrogen-bond acceptors (Lipinski definition) is 2. The minimum Gasteiger partial charge on any atom is -0.351 e. The summed E-state index contributed by atoms with van der Waals surface area (Å²) in [6, 6.07) is 3.15. The number of aromatic amines is 1. The molecule has 4 nitrogen and oxygen atoms in total. The van der Waals surface area contributed by atoms with Gasteiger partial charge in [-0.1, -0.05) is 0 Å². The van der Waals surface area contributed by atoms with Crippen molar-refractivity contribution in [3.63, 3.8) is 0 Å². The third-order valence-corrected chi connectivity index (χ3v) is 1.42. The summed E-state index contributed by atoms with van der Waals surface area (Å²) < 4.78 is 0. The number of H-pyrrole nitrogens is 1. The summed E-state index contributed by atoms with van der Waals surface area (Å²) in [6.07, 6.45) is 0.669. The number of rotatable bonds is 3. The van der Waals surface area contributed by atoms with Crippen molar-refractivity contribution < 1.29 is 9.59 Å². The van der Waals surface area contributed by atoms with Crippen LogP contribution in [0, 0.1) is 0 Å². The van der Waals surface area contributed by atoms with Crippen molar-refractivity contribution in [3.8, 4) is 0 Å². The second kappa shape index (κ2) is 3.71. The highest BCUT2D eigenvalue weighted by atomic mass is 16.1. The largest absolute Gasteiger partial charge is 0.351 e. The van der Waals surface area contributed by atoms with Gasteiger partial charge in [0.15, 0.2) is 6.29 Å². The zero-order valence-electron chi connectivity index (χ0n) is 6.76. The van der Waals surface area contributed by atoms with Crippen LogP contribution in [-0.2, 0) is 0 Å². The highest BCUT2D eigenvalue weighted by Crippen LogP contribution is 1.98. The Kier molecular flexibility index (Phi) is 2.63. The van der Waals surface area contributed by atoms with Crippen LogP contribution in [0.1, 0.15) is 27.9 Å². The van der Waals surface area contributed by atoms with E-state index in [9.17, 15) is 9.59 Å². The minimum absolute atomic E-state index is 0.189. The van der Waals surface area contributed by atoms with Crippen molar-refractivity contribution in [1.29, 1.82) is 0 Å². The molecule has 1 aromatic heterocycles.